The van der Waals surface area contributed by atoms with Gasteiger partial charge in [-0.15, -0.1) is 0 Å². The van der Waals surface area contributed by atoms with Gasteiger partial charge in [0, 0.05) is 5.92 Å². The van der Waals surface area contributed by atoms with E-state index in [-0.39, 0.29) is 24.5 Å². The third-order valence-corrected chi connectivity index (χ3v) is 4.06. The average molecular weight is 345 g/mol. The lowest BCUT2D eigenvalue weighted by Gasteiger charge is -2.28. The minimum atomic E-state index is -0.560. The van der Waals surface area contributed by atoms with Crippen molar-refractivity contribution in [2.45, 2.75) is 52.9 Å². The van der Waals surface area contributed by atoms with Crippen LogP contribution in [0.5, 0.6) is 0 Å². The maximum absolute atomic E-state index is 12.4. The molecule has 5 heteroatoms. The van der Waals surface area contributed by atoms with E-state index in [0.717, 1.165) is 11.1 Å². The summed E-state index contributed by atoms with van der Waals surface area (Å²) >= 11 is 0. The Hall–Kier alpha value is -2.30. The molecular formula is C20H27NO4. The van der Waals surface area contributed by atoms with Crippen molar-refractivity contribution in [1.29, 1.82) is 0 Å². The second kappa shape index (κ2) is 7.72. The number of alkyl carbamates (subject to hydrolysis) is 1. The zero-order valence-electron chi connectivity index (χ0n) is 15.5. The fourth-order valence-electron chi connectivity index (χ4n) is 2.59. The van der Waals surface area contributed by atoms with E-state index in [0.29, 0.717) is 0 Å². The Kier molecular flexibility index (Phi) is 5.88. The van der Waals surface area contributed by atoms with Gasteiger partial charge in [0.25, 0.3) is 0 Å². The minimum absolute atomic E-state index is 0.0757. The van der Waals surface area contributed by atoms with E-state index in [4.69, 9.17) is 9.47 Å². The Labute approximate surface area is 149 Å². The molecule has 5 nitrogen and oxygen atoms in total. The topological polar surface area (TPSA) is 64.6 Å². The van der Waals surface area contributed by atoms with Crippen LogP contribution >= 0.6 is 0 Å². The largest absolute Gasteiger partial charge is 0.460 e. The molecule has 0 aliphatic heterocycles. The maximum Gasteiger partial charge on any atom is 0.407 e. The van der Waals surface area contributed by atoms with Crippen molar-refractivity contribution in [1.82, 2.24) is 5.32 Å². The number of amides is 1. The summed E-state index contributed by atoms with van der Waals surface area (Å²) in [6.45, 7) is 9.43. The van der Waals surface area contributed by atoms with Crippen molar-refractivity contribution in [3.8, 4) is 0 Å². The number of hydrogen-bond donors (Lipinski definition) is 1. The first-order valence-corrected chi connectivity index (χ1v) is 8.56. The monoisotopic (exact) mass is 345 g/mol. The molecule has 1 aromatic rings. The second-order valence-corrected chi connectivity index (χ2v) is 7.49. The maximum atomic E-state index is 12.4. The van der Waals surface area contributed by atoms with Crippen molar-refractivity contribution < 1.29 is 19.1 Å². The third-order valence-electron chi connectivity index (χ3n) is 4.06. The zero-order chi connectivity index (χ0) is 18.6. The van der Waals surface area contributed by atoms with Crippen LogP contribution in [0.15, 0.2) is 42.0 Å². The summed E-state index contributed by atoms with van der Waals surface area (Å²) in [6.07, 6.45) is 1.50. The number of benzene rings is 1. The molecule has 0 heterocycles. The van der Waals surface area contributed by atoms with E-state index in [1.54, 1.807) is 6.92 Å². The van der Waals surface area contributed by atoms with E-state index in [1.807, 2.05) is 64.1 Å². The highest BCUT2D eigenvalue weighted by molar-refractivity contribution is 5.76. The molecule has 1 aliphatic carbocycles. The Balaban J connectivity index is 1.93. The van der Waals surface area contributed by atoms with Gasteiger partial charge >= 0.3 is 12.1 Å². The Morgan fingerprint density at radius 3 is 2.32 bits per heavy atom. The lowest BCUT2D eigenvalue weighted by molar-refractivity contribution is -0.160. The lowest BCUT2D eigenvalue weighted by Crippen LogP contribution is -2.46. The van der Waals surface area contributed by atoms with Crippen molar-refractivity contribution in [3.05, 3.63) is 47.5 Å². The molecule has 0 fully saturated rings. The summed E-state index contributed by atoms with van der Waals surface area (Å²) in [7, 11) is 0. The predicted molar refractivity (Wildman–Crippen MR) is 95.8 cm³/mol. The number of hydrogen-bond acceptors (Lipinski definition) is 4. The van der Waals surface area contributed by atoms with Crippen LogP contribution in [0.3, 0.4) is 0 Å². The molecule has 1 aliphatic rings. The molecule has 1 N–H and O–H groups in total. The lowest BCUT2D eigenvalue weighted by atomic mass is 9.95. The Bertz CT molecular complexity index is 645. The average Bonchev–Trinajstić information content (AvgIpc) is 3.26. The second-order valence-electron chi connectivity index (χ2n) is 7.49. The van der Waals surface area contributed by atoms with Gasteiger partial charge in [0.05, 0.1) is 12.0 Å². The van der Waals surface area contributed by atoms with Crippen LogP contribution in [0.2, 0.25) is 0 Å². The predicted octanol–water partition coefficient (Wildman–Crippen LogP) is 3.84. The number of ether oxygens (including phenoxy) is 2. The molecule has 0 saturated heterocycles. The highest BCUT2D eigenvalue weighted by atomic mass is 16.6. The Morgan fingerprint density at radius 2 is 1.80 bits per heavy atom. The van der Waals surface area contributed by atoms with E-state index < -0.39 is 17.6 Å². The summed E-state index contributed by atoms with van der Waals surface area (Å²) in [4.78, 5) is 24.5. The Morgan fingerprint density at radius 1 is 1.20 bits per heavy atom. The van der Waals surface area contributed by atoms with Crippen LogP contribution in [0.1, 0.15) is 40.2 Å². The summed E-state index contributed by atoms with van der Waals surface area (Å²) in [6, 6.07) is 9.10. The fraction of sp³-hybridized carbons (Fsp3) is 0.500. The first-order chi connectivity index (χ1) is 11.7. The molecule has 0 aromatic heterocycles. The highest BCUT2D eigenvalue weighted by Crippen LogP contribution is 2.35. The van der Waals surface area contributed by atoms with Crippen molar-refractivity contribution in [3.63, 3.8) is 0 Å². The quantitative estimate of drug-likeness (QED) is 0.628. The van der Waals surface area contributed by atoms with Gasteiger partial charge in [-0.25, -0.2) is 4.79 Å². The van der Waals surface area contributed by atoms with Crippen LogP contribution in [0.25, 0.3) is 0 Å². The van der Waals surface area contributed by atoms with Gasteiger partial charge in [-0.1, -0.05) is 42.0 Å². The molecule has 136 valence electrons. The SMILES string of the molecule is CC1=C[C@H]1[C@H](NC(=O)OCc1ccccc1)[C@@H](C)C(=O)OC(C)(C)C. The van der Waals surface area contributed by atoms with Crippen LogP contribution in [0, 0.1) is 11.8 Å². The molecule has 0 unspecified atom stereocenters. The molecule has 1 amide bonds. The highest BCUT2D eigenvalue weighted by Gasteiger charge is 2.39. The van der Waals surface area contributed by atoms with Crippen LogP contribution in [-0.4, -0.2) is 23.7 Å². The van der Waals surface area contributed by atoms with Gasteiger partial charge in [0.2, 0.25) is 0 Å². The summed E-state index contributed by atoms with van der Waals surface area (Å²) in [5.41, 5.74) is 1.51. The van der Waals surface area contributed by atoms with Gasteiger partial charge in [-0.3, -0.25) is 4.79 Å². The molecule has 25 heavy (non-hydrogen) atoms. The molecule has 1 aromatic carbocycles. The number of carbonyl (C=O) groups excluding carboxylic acids is 2. The normalized spacial score (nSPS) is 18.6. The van der Waals surface area contributed by atoms with Crippen LogP contribution in [-0.2, 0) is 20.9 Å². The van der Waals surface area contributed by atoms with Gasteiger partial charge in [-0.2, -0.15) is 0 Å². The van der Waals surface area contributed by atoms with Crippen LogP contribution < -0.4 is 5.32 Å². The molecule has 0 spiro atoms. The standard InChI is InChI=1S/C20H27NO4/c1-13-11-16(13)17(14(2)18(22)25-20(3,4)5)21-19(23)24-12-15-9-7-6-8-10-15/h6-11,14,16-17H,12H2,1-5H3,(H,21,23)/t14-,16-,17-/m1/s1. The van der Waals surface area contributed by atoms with Crippen LogP contribution in [0.4, 0.5) is 4.79 Å². The van der Waals surface area contributed by atoms with E-state index in [9.17, 15) is 9.59 Å². The van der Waals surface area contributed by atoms with Crippen molar-refractivity contribution in [2.24, 2.45) is 11.8 Å². The summed E-state index contributed by atoms with van der Waals surface area (Å²) in [5.74, 6) is -0.719. The van der Waals surface area contributed by atoms with Gasteiger partial charge < -0.3 is 14.8 Å². The van der Waals surface area contributed by atoms with Gasteiger partial charge in [0.15, 0.2) is 0 Å². The van der Waals surface area contributed by atoms with Gasteiger partial charge in [0.1, 0.15) is 12.2 Å². The number of rotatable bonds is 6. The fourth-order valence-corrected chi connectivity index (χ4v) is 2.59. The molecule has 0 bridgehead atoms. The summed E-state index contributed by atoms with van der Waals surface area (Å²) in [5, 5.41) is 2.83. The molecular weight excluding hydrogens is 318 g/mol. The van der Waals surface area contributed by atoms with E-state index >= 15 is 0 Å². The smallest absolute Gasteiger partial charge is 0.407 e. The van der Waals surface area contributed by atoms with E-state index in [2.05, 4.69) is 5.32 Å². The molecule has 0 radical (unpaired) electrons. The van der Waals surface area contributed by atoms with E-state index in [1.165, 1.54) is 0 Å². The van der Waals surface area contributed by atoms with Gasteiger partial charge in [-0.05, 0) is 40.2 Å². The molecule has 3 atom stereocenters. The van der Waals surface area contributed by atoms with Crippen molar-refractivity contribution in [2.75, 3.05) is 0 Å². The first-order valence-electron chi connectivity index (χ1n) is 8.56. The molecule has 2 rings (SSSR count). The minimum Gasteiger partial charge on any atom is -0.460 e. The number of carbonyl (C=O) groups is 2. The summed E-state index contributed by atoms with van der Waals surface area (Å²) < 4.78 is 10.7. The first kappa shape index (κ1) is 19.0. The zero-order valence-corrected chi connectivity index (χ0v) is 15.5. The van der Waals surface area contributed by atoms with Crippen molar-refractivity contribution >= 4 is 12.1 Å². The molecule has 0 saturated carbocycles. The number of nitrogens with one attached hydrogen (secondary N) is 1. The number of esters is 1. The third kappa shape index (κ3) is 5.93.